The molecule has 0 aliphatic rings. The molecule has 0 atom stereocenters. The van der Waals surface area contributed by atoms with Crippen molar-refractivity contribution in [2.75, 3.05) is 10.6 Å². The molecule has 0 fully saturated rings. The molecule has 7 heteroatoms. The first kappa shape index (κ1) is 18.9. The van der Waals surface area contributed by atoms with Crippen LogP contribution in [0.1, 0.15) is 21.5 Å². The highest BCUT2D eigenvalue weighted by Crippen LogP contribution is 2.25. The molecule has 0 saturated carbocycles. The highest BCUT2D eigenvalue weighted by Gasteiger charge is 2.20. The molecular formula is C21H20N4O3. The second-order valence-electron chi connectivity index (χ2n) is 6.12. The number of carbonyl (C=O) groups is 2. The van der Waals surface area contributed by atoms with Gasteiger partial charge in [-0.25, -0.2) is 4.79 Å². The van der Waals surface area contributed by atoms with Gasteiger partial charge < -0.3 is 16.2 Å². The second-order valence-corrected chi connectivity index (χ2v) is 6.12. The third-order valence-electron chi connectivity index (χ3n) is 4.11. The maximum Gasteiger partial charge on any atom is 0.415 e. The Bertz CT molecular complexity index is 959. The van der Waals surface area contributed by atoms with Crippen molar-refractivity contribution in [3.8, 4) is 0 Å². The Morgan fingerprint density at radius 1 is 0.964 bits per heavy atom. The predicted molar refractivity (Wildman–Crippen MR) is 106 cm³/mol. The molecule has 1 aromatic heterocycles. The van der Waals surface area contributed by atoms with E-state index in [2.05, 4.69) is 4.98 Å². The van der Waals surface area contributed by atoms with Crippen molar-refractivity contribution in [3.63, 3.8) is 0 Å². The van der Waals surface area contributed by atoms with Crippen molar-refractivity contribution >= 4 is 23.4 Å². The minimum atomic E-state index is -0.541. The summed E-state index contributed by atoms with van der Waals surface area (Å²) in [6.07, 6.45) is 2.75. The quantitative estimate of drug-likeness (QED) is 0.642. The number of ether oxygens (including phenoxy) is 1. The van der Waals surface area contributed by atoms with Crippen LogP contribution in [0.2, 0.25) is 0 Å². The topological polar surface area (TPSA) is 112 Å². The van der Waals surface area contributed by atoms with Crippen LogP contribution >= 0.6 is 0 Å². The summed E-state index contributed by atoms with van der Waals surface area (Å²) < 4.78 is 5.45. The third kappa shape index (κ3) is 4.64. The summed E-state index contributed by atoms with van der Waals surface area (Å²) in [5, 5.41) is 0. The summed E-state index contributed by atoms with van der Waals surface area (Å²) in [5.41, 5.74) is 14.3. The number of aromatic nitrogens is 1. The number of nitrogen functional groups attached to an aromatic ring is 1. The number of primary amides is 1. The molecule has 2 aromatic carbocycles. The van der Waals surface area contributed by atoms with Gasteiger partial charge in [0.25, 0.3) is 0 Å². The van der Waals surface area contributed by atoms with E-state index < -0.39 is 12.0 Å². The van der Waals surface area contributed by atoms with Gasteiger partial charge in [0.05, 0.1) is 17.9 Å². The van der Waals surface area contributed by atoms with Gasteiger partial charge in [-0.15, -0.1) is 0 Å². The van der Waals surface area contributed by atoms with Gasteiger partial charge in [-0.3, -0.25) is 14.7 Å². The van der Waals surface area contributed by atoms with E-state index in [1.54, 1.807) is 67.0 Å². The maximum atomic E-state index is 12.8. The first-order valence-electron chi connectivity index (χ1n) is 8.61. The fourth-order valence-electron chi connectivity index (χ4n) is 2.64. The summed E-state index contributed by atoms with van der Waals surface area (Å²) >= 11 is 0. The van der Waals surface area contributed by atoms with Crippen LogP contribution in [0, 0.1) is 0 Å². The summed E-state index contributed by atoms with van der Waals surface area (Å²) in [7, 11) is 0. The van der Waals surface area contributed by atoms with Crippen molar-refractivity contribution in [1.29, 1.82) is 0 Å². The van der Waals surface area contributed by atoms with Gasteiger partial charge in [-0.05, 0) is 35.9 Å². The van der Waals surface area contributed by atoms with Crippen molar-refractivity contribution < 1.29 is 14.3 Å². The minimum absolute atomic E-state index is 0.0938. The van der Waals surface area contributed by atoms with E-state index in [1.807, 2.05) is 6.07 Å². The molecule has 1 heterocycles. The van der Waals surface area contributed by atoms with Gasteiger partial charge in [0.1, 0.15) is 6.61 Å². The largest absolute Gasteiger partial charge is 0.444 e. The number of rotatable bonds is 6. The van der Waals surface area contributed by atoms with Crippen molar-refractivity contribution in [1.82, 2.24) is 4.98 Å². The number of para-hydroxylation sites is 2. The van der Waals surface area contributed by atoms with Crippen LogP contribution in [-0.2, 0) is 17.9 Å². The standard InChI is InChI=1S/C21H20N4O3/c22-18-5-1-2-6-19(18)25(13-15-7-9-17(10-8-15)20(23)26)21(27)28-14-16-4-3-11-24-12-16/h1-12H,13-14,22H2,(H2,23,26). The number of amides is 2. The number of nitrogens with zero attached hydrogens (tertiary/aromatic N) is 2. The lowest BCUT2D eigenvalue weighted by Crippen LogP contribution is -2.31. The van der Waals surface area contributed by atoms with E-state index in [0.717, 1.165) is 11.1 Å². The van der Waals surface area contributed by atoms with Crippen LogP contribution < -0.4 is 16.4 Å². The molecule has 0 radical (unpaired) electrons. The molecule has 142 valence electrons. The smallest absolute Gasteiger partial charge is 0.415 e. The first-order chi connectivity index (χ1) is 13.5. The Hall–Kier alpha value is -3.87. The summed E-state index contributed by atoms with van der Waals surface area (Å²) in [6, 6.07) is 17.4. The molecular weight excluding hydrogens is 356 g/mol. The van der Waals surface area contributed by atoms with Crippen LogP contribution in [0.15, 0.2) is 73.1 Å². The molecule has 0 aliphatic carbocycles. The SMILES string of the molecule is NC(=O)c1ccc(CN(C(=O)OCc2cccnc2)c2ccccc2N)cc1. The van der Waals surface area contributed by atoms with Gasteiger partial charge in [0, 0.05) is 23.5 Å². The molecule has 0 aliphatic heterocycles. The number of nitrogens with two attached hydrogens (primary N) is 2. The lowest BCUT2D eigenvalue weighted by Gasteiger charge is -2.24. The molecule has 0 unspecified atom stereocenters. The molecule has 0 spiro atoms. The number of pyridine rings is 1. The minimum Gasteiger partial charge on any atom is -0.444 e. The number of benzene rings is 2. The molecule has 0 bridgehead atoms. The Balaban J connectivity index is 1.81. The Morgan fingerprint density at radius 3 is 2.36 bits per heavy atom. The number of anilines is 2. The first-order valence-corrected chi connectivity index (χ1v) is 8.61. The Kier molecular flexibility index (Phi) is 5.86. The molecule has 7 nitrogen and oxygen atoms in total. The predicted octanol–water partition coefficient (Wildman–Crippen LogP) is 3.11. The summed E-state index contributed by atoms with van der Waals surface area (Å²) in [4.78, 5) is 29.5. The molecule has 4 N–H and O–H groups in total. The highest BCUT2D eigenvalue weighted by atomic mass is 16.6. The Morgan fingerprint density at radius 2 is 1.71 bits per heavy atom. The molecule has 3 rings (SSSR count). The number of carbonyl (C=O) groups excluding carboxylic acids is 2. The van der Waals surface area contributed by atoms with Gasteiger partial charge in [0.2, 0.25) is 5.91 Å². The summed E-state index contributed by atoms with van der Waals surface area (Å²) in [6.45, 7) is 0.315. The third-order valence-corrected chi connectivity index (χ3v) is 4.11. The average Bonchev–Trinajstić information content (AvgIpc) is 2.72. The molecule has 2 amide bonds. The van der Waals surface area contributed by atoms with Crippen LogP contribution in [0.4, 0.5) is 16.2 Å². The normalized spacial score (nSPS) is 10.3. The van der Waals surface area contributed by atoms with E-state index >= 15 is 0 Å². The van der Waals surface area contributed by atoms with Crippen molar-refractivity contribution in [3.05, 3.63) is 89.7 Å². The van der Waals surface area contributed by atoms with Crippen molar-refractivity contribution in [2.24, 2.45) is 5.73 Å². The zero-order chi connectivity index (χ0) is 19.9. The van der Waals surface area contributed by atoms with E-state index in [-0.39, 0.29) is 13.2 Å². The lowest BCUT2D eigenvalue weighted by molar-refractivity contribution is 0.1000. The Labute approximate surface area is 162 Å². The highest BCUT2D eigenvalue weighted by molar-refractivity contribution is 5.93. The second kappa shape index (κ2) is 8.68. The summed E-state index contributed by atoms with van der Waals surface area (Å²) in [5.74, 6) is -0.508. The number of hydrogen-bond acceptors (Lipinski definition) is 5. The van der Waals surface area contributed by atoms with Gasteiger partial charge in [-0.1, -0.05) is 30.3 Å². The average molecular weight is 376 g/mol. The van der Waals surface area contributed by atoms with E-state index in [0.29, 0.717) is 16.9 Å². The monoisotopic (exact) mass is 376 g/mol. The van der Waals surface area contributed by atoms with Crippen LogP contribution in [0.3, 0.4) is 0 Å². The van der Waals surface area contributed by atoms with E-state index in [1.165, 1.54) is 4.90 Å². The zero-order valence-electron chi connectivity index (χ0n) is 15.1. The maximum absolute atomic E-state index is 12.8. The van der Waals surface area contributed by atoms with E-state index in [9.17, 15) is 9.59 Å². The fourth-order valence-corrected chi connectivity index (χ4v) is 2.64. The van der Waals surface area contributed by atoms with Crippen molar-refractivity contribution in [2.45, 2.75) is 13.2 Å². The fraction of sp³-hybridized carbons (Fsp3) is 0.0952. The van der Waals surface area contributed by atoms with Crippen LogP contribution in [0.25, 0.3) is 0 Å². The van der Waals surface area contributed by atoms with Gasteiger partial charge in [-0.2, -0.15) is 0 Å². The van der Waals surface area contributed by atoms with Gasteiger partial charge >= 0.3 is 6.09 Å². The van der Waals surface area contributed by atoms with Gasteiger partial charge in [0.15, 0.2) is 0 Å². The lowest BCUT2D eigenvalue weighted by atomic mass is 10.1. The molecule has 3 aromatic rings. The molecule has 0 saturated heterocycles. The van der Waals surface area contributed by atoms with Crippen LogP contribution in [0.5, 0.6) is 0 Å². The van der Waals surface area contributed by atoms with E-state index in [4.69, 9.17) is 16.2 Å². The zero-order valence-corrected chi connectivity index (χ0v) is 15.1. The molecule has 28 heavy (non-hydrogen) atoms. The number of hydrogen-bond donors (Lipinski definition) is 2. The van der Waals surface area contributed by atoms with Crippen LogP contribution in [-0.4, -0.2) is 17.0 Å².